The molecule has 3 rings (SSSR count). The summed E-state index contributed by atoms with van der Waals surface area (Å²) in [5.41, 5.74) is 2.23. The van der Waals surface area contributed by atoms with Gasteiger partial charge in [-0.1, -0.05) is 48.5 Å². The molecule has 0 aliphatic carbocycles. The second kappa shape index (κ2) is 8.06. The Labute approximate surface area is 147 Å². The molecular weight excluding hydrogens is 312 g/mol. The van der Waals surface area contributed by atoms with Gasteiger partial charge in [0, 0.05) is 18.8 Å². The van der Waals surface area contributed by atoms with Gasteiger partial charge in [0.15, 0.2) is 0 Å². The molecule has 0 aliphatic heterocycles. The van der Waals surface area contributed by atoms with Crippen LogP contribution in [0.25, 0.3) is 0 Å². The molecular formula is C20H20N4O. The van der Waals surface area contributed by atoms with Gasteiger partial charge in [-0.3, -0.25) is 4.79 Å². The van der Waals surface area contributed by atoms with E-state index in [-0.39, 0.29) is 5.91 Å². The monoisotopic (exact) mass is 332 g/mol. The van der Waals surface area contributed by atoms with E-state index in [9.17, 15) is 4.79 Å². The standard InChI is InChI=1S/C20H20N4O/c1-2-24(15-16-9-5-3-6-10-16)19-14-21-18(13-22-19)20(25)23-17-11-7-4-8-12-17/h3-14H,2,15H2,1H3,(H,23,25). The lowest BCUT2D eigenvalue weighted by Gasteiger charge is -2.21. The van der Waals surface area contributed by atoms with Gasteiger partial charge < -0.3 is 10.2 Å². The number of hydrogen-bond acceptors (Lipinski definition) is 4. The van der Waals surface area contributed by atoms with Crippen LogP contribution >= 0.6 is 0 Å². The molecule has 1 N–H and O–H groups in total. The van der Waals surface area contributed by atoms with Crippen molar-refractivity contribution in [3.05, 3.63) is 84.3 Å². The quantitative estimate of drug-likeness (QED) is 0.747. The summed E-state index contributed by atoms with van der Waals surface area (Å²) < 4.78 is 0. The van der Waals surface area contributed by atoms with E-state index in [2.05, 4.69) is 39.2 Å². The van der Waals surface area contributed by atoms with Crippen LogP contribution in [0.1, 0.15) is 23.0 Å². The normalized spacial score (nSPS) is 10.3. The Morgan fingerprint density at radius 3 is 2.24 bits per heavy atom. The highest BCUT2D eigenvalue weighted by Crippen LogP contribution is 2.14. The van der Waals surface area contributed by atoms with Gasteiger partial charge in [-0.25, -0.2) is 9.97 Å². The number of nitrogens with one attached hydrogen (secondary N) is 1. The molecule has 2 aromatic carbocycles. The summed E-state index contributed by atoms with van der Waals surface area (Å²) >= 11 is 0. The smallest absolute Gasteiger partial charge is 0.275 e. The average molecular weight is 332 g/mol. The lowest BCUT2D eigenvalue weighted by Crippen LogP contribution is -2.24. The highest BCUT2D eigenvalue weighted by atomic mass is 16.1. The summed E-state index contributed by atoms with van der Waals surface area (Å²) in [6.07, 6.45) is 3.16. The van der Waals surface area contributed by atoms with E-state index in [1.807, 2.05) is 48.5 Å². The fraction of sp³-hybridized carbons (Fsp3) is 0.150. The van der Waals surface area contributed by atoms with Crippen LogP contribution in [0.5, 0.6) is 0 Å². The Hall–Kier alpha value is -3.21. The van der Waals surface area contributed by atoms with Gasteiger partial charge in [0.2, 0.25) is 0 Å². The molecule has 3 aromatic rings. The van der Waals surface area contributed by atoms with Gasteiger partial charge in [-0.15, -0.1) is 0 Å². The van der Waals surface area contributed by atoms with E-state index in [0.717, 1.165) is 24.6 Å². The van der Waals surface area contributed by atoms with E-state index in [0.29, 0.717) is 5.69 Å². The van der Waals surface area contributed by atoms with Crippen molar-refractivity contribution in [2.24, 2.45) is 0 Å². The molecule has 0 fully saturated rings. The Bertz CT molecular complexity index is 804. The average Bonchev–Trinajstić information content (AvgIpc) is 2.68. The van der Waals surface area contributed by atoms with Crippen molar-refractivity contribution >= 4 is 17.4 Å². The van der Waals surface area contributed by atoms with Crippen LogP contribution in [-0.2, 0) is 6.54 Å². The first-order valence-electron chi connectivity index (χ1n) is 8.23. The van der Waals surface area contributed by atoms with Crippen molar-refractivity contribution in [3.63, 3.8) is 0 Å². The zero-order chi connectivity index (χ0) is 17.5. The van der Waals surface area contributed by atoms with E-state index < -0.39 is 0 Å². The summed E-state index contributed by atoms with van der Waals surface area (Å²) in [5.74, 6) is 0.485. The number of hydrogen-bond donors (Lipinski definition) is 1. The molecule has 0 spiro atoms. The maximum atomic E-state index is 12.2. The molecule has 1 heterocycles. The zero-order valence-corrected chi connectivity index (χ0v) is 14.1. The number of carbonyl (C=O) groups is 1. The number of benzene rings is 2. The molecule has 25 heavy (non-hydrogen) atoms. The predicted molar refractivity (Wildman–Crippen MR) is 99.6 cm³/mol. The van der Waals surface area contributed by atoms with Crippen LogP contribution in [0.2, 0.25) is 0 Å². The molecule has 5 heteroatoms. The van der Waals surface area contributed by atoms with E-state index >= 15 is 0 Å². The van der Waals surface area contributed by atoms with Gasteiger partial charge in [-0.05, 0) is 24.6 Å². The number of anilines is 2. The number of rotatable bonds is 6. The number of aromatic nitrogens is 2. The highest BCUT2D eigenvalue weighted by molar-refractivity contribution is 6.02. The summed E-state index contributed by atoms with van der Waals surface area (Å²) in [5, 5.41) is 2.81. The molecule has 0 atom stereocenters. The van der Waals surface area contributed by atoms with Gasteiger partial charge in [0.1, 0.15) is 11.5 Å². The molecule has 126 valence electrons. The molecule has 1 amide bonds. The summed E-state index contributed by atoms with van der Waals surface area (Å²) in [7, 11) is 0. The number of nitrogens with zero attached hydrogens (tertiary/aromatic N) is 3. The number of amides is 1. The third-order valence-corrected chi connectivity index (χ3v) is 3.82. The maximum Gasteiger partial charge on any atom is 0.275 e. The van der Waals surface area contributed by atoms with Crippen LogP contribution in [0, 0.1) is 0 Å². The van der Waals surface area contributed by atoms with Crippen LogP contribution in [0.15, 0.2) is 73.1 Å². The third-order valence-electron chi connectivity index (χ3n) is 3.82. The molecule has 0 saturated carbocycles. The van der Waals surface area contributed by atoms with Crippen molar-refractivity contribution in [1.82, 2.24) is 9.97 Å². The van der Waals surface area contributed by atoms with Crippen molar-refractivity contribution in [2.45, 2.75) is 13.5 Å². The van der Waals surface area contributed by atoms with E-state index in [1.165, 1.54) is 11.8 Å². The molecule has 0 radical (unpaired) electrons. The van der Waals surface area contributed by atoms with Crippen LogP contribution in [0.3, 0.4) is 0 Å². The first kappa shape index (κ1) is 16.6. The minimum absolute atomic E-state index is 0.267. The topological polar surface area (TPSA) is 58.1 Å². The van der Waals surface area contributed by atoms with Gasteiger partial charge >= 0.3 is 0 Å². The van der Waals surface area contributed by atoms with Crippen LogP contribution in [-0.4, -0.2) is 22.4 Å². The Morgan fingerprint density at radius 2 is 1.64 bits per heavy atom. The minimum Gasteiger partial charge on any atom is -0.351 e. The molecule has 0 unspecified atom stereocenters. The van der Waals surface area contributed by atoms with Crippen molar-refractivity contribution in [3.8, 4) is 0 Å². The van der Waals surface area contributed by atoms with Gasteiger partial charge in [-0.2, -0.15) is 0 Å². The zero-order valence-electron chi connectivity index (χ0n) is 14.1. The fourth-order valence-electron chi connectivity index (χ4n) is 2.48. The van der Waals surface area contributed by atoms with Crippen molar-refractivity contribution in [1.29, 1.82) is 0 Å². The molecule has 5 nitrogen and oxygen atoms in total. The fourth-order valence-corrected chi connectivity index (χ4v) is 2.48. The Balaban J connectivity index is 1.69. The van der Waals surface area contributed by atoms with Crippen molar-refractivity contribution in [2.75, 3.05) is 16.8 Å². The first-order chi connectivity index (χ1) is 12.3. The number of carbonyl (C=O) groups excluding carboxylic acids is 1. The molecule has 0 saturated heterocycles. The summed E-state index contributed by atoms with van der Waals surface area (Å²) in [6.45, 7) is 3.63. The first-order valence-corrected chi connectivity index (χ1v) is 8.23. The molecule has 0 bridgehead atoms. The molecule has 0 aliphatic rings. The number of para-hydroxylation sites is 1. The predicted octanol–water partition coefficient (Wildman–Crippen LogP) is 3.76. The van der Waals surface area contributed by atoms with Crippen LogP contribution in [0.4, 0.5) is 11.5 Å². The van der Waals surface area contributed by atoms with E-state index in [4.69, 9.17) is 0 Å². The summed E-state index contributed by atoms with van der Waals surface area (Å²) in [4.78, 5) is 23.0. The third kappa shape index (κ3) is 4.41. The molecule has 1 aromatic heterocycles. The Morgan fingerprint density at radius 1 is 0.960 bits per heavy atom. The lowest BCUT2D eigenvalue weighted by molar-refractivity contribution is 0.102. The lowest BCUT2D eigenvalue weighted by atomic mass is 10.2. The SMILES string of the molecule is CCN(Cc1ccccc1)c1cnc(C(=O)Nc2ccccc2)cn1. The van der Waals surface area contributed by atoms with Gasteiger partial charge in [0.05, 0.1) is 12.4 Å². The van der Waals surface area contributed by atoms with Crippen molar-refractivity contribution < 1.29 is 4.79 Å². The minimum atomic E-state index is -0.267. The second-order valence-corrected chi connectivity index (χ2v) is 5.58. The summed E-state index contributed by atoms with van der Waals surface area (Å²) in [6, 6.07) is 19.5. The van der Waals surface area contributed by atoms with Crippen LogP contribution < -0.4 is 10.2 Å². The Kier molecular flexibility index (Phi) is 5.36. The maximum absolute atomic E-state index is 12.2. The largest absolute Gasteiger partial charge is 0.351 e. The highest BCUT2D eigenvalue weighted by Gasteiger charge is 2.11. The van der Waals surface area contributed by atoms with Gasteiger partial charge in [0.25, 0.3) is 5.91 Å². The van der Waals surface area contributed by atoms with E-state index in [1.54, 1.807) is 6.20 Å². The second-order valence-electron chi connectivity index (χ2n) is 5.58.